The van der Waals surface area contributed by atoms with Crippen molar-refractivity contribution in [1.29, 1.82) is 0 Å². The van der Waals surface area contributed by atoms with E-state index in [-0.39, 0.29) is 17.7 Å². The van der Waals surface area contributed by atoms with Gasteiger partial charge in [-0.15, -0.1) is 0 Å². The topological polar surface area (TPSA) is 66.8 Å². The van der Waals surface area contributed by atoms with Gasteiger partial charge >= 0.3 is 12.1 Å². The molecule has 0 unspecified atom stereocenters. The lowest BCUT2D eigenvalue weighted by Gasteiger charge is -2.27. The van der Waals surface area contributed by atoms with Crippen molar-refractivity contribution in [3.8, 4) is 0 Å². The lowest BCUT2D eigenvalue weighted by atomic mass is 10.1. The van der Waals surface area contributed by atoms with E-state index in [1.165, 1.54) is 6.07 Å². The Bertz CT molecular complexity index is 606. The molecule has 0 bridgehead atoms. The third kappa shape index (κ3) is 2.84. The zero-order valence-corrected chi connectivity index (χ0v) is 12.4. The minimum Gasteiger partial charge on any atom is -0.480 e. The molecule has 114 valence electrons. The largest absolute Gasteiger partial charge is 0.480 e. The van der Waals surface area contributed by atoms with Gasteiger partial charge in [0.2, 0.25) is 0 Å². The summed E-state index contributed by atoms with van der Waals surface area (Å²) in [5.41, 5.74) is 0.170. The van der Waals surface area contributed by atoms with E-state index in [0.717, 1.165) is 4.90 Å². The first kappa shape index (κ1) is 15.3. The van der Waals surface area contributed by atoms with Gasteiger partial charge in [-0.05, 0) is 39.3 Å². The Balaban J connectivity index is 2.46. The fourth-order valence-corrected chi connectivity index (χ4v) is 2.33. The summed E-state index contributed by atoms with van der Waals surface area (Å²) in [5.74, 6) is -1.65. The number of carbonyl (C=O) groups is 2. The van der Waals surface area contributed by atoms with Gasteiger partial charge < -0.3 is 9.84 Å². The lowest BCUT2D eigenvalue weighted by Crippen LogP contribution is -2.45. The van der Waals surface area contributed by atoms with Crippen LogP contribution in [0.15, 0.2) is 12.1 Å². The second-order valence-corrected chi connectivity index (χ2v) is 6.10. The number of fused-ring (bicyclic) bond motifs is 1. The van der Waals surface area contributed by atoms with Crippen LogP contribution in [0.3, 0.4) is 0 Å². The predicted octanol–water partition coefficient (Wildman–Crippen LogP) is 2.88. The first-order chi connectivity index (χ1) is 9.61. The van der Waals surface area contributed by atoms with Crippen LogP contribution in [0.2, 0.25) is 0 Å². The van der Waals surface area contributed by atoms with E-state index in [9.17, 15) is 19.1 Å². The van der Waals surface area contributed by atoms with E-state index < -0.39 is 29.5 Å². The van der Waals surface area contributed by atoms with Crippen LogP contribution in [0.5, 0.6) is 0 Å². The number of aliphatic carboxylic acids is 1. The maximum Gasteiger partial charge on any atom is 0.415 e. The van der Waals surface area contributed by atoms with Crippen molar-refractivity contribution in [2.45, 2.75) is 45.8 Å². The number of hydrogen-bond donors (Lipinski definition) is 1. The molecule has 2 rings (SSSR count). The number of hydrogen-bond acceptors (Lipinski definition) is 3. The number of anilines is 1. The minimum atomic E-state index is -1.19. The molecule has 1 aromatic rings. The molecule has 1 atom stereocenters. The van der Waals surface area contributed by atoms with Gasteiger partial charge in [0.05, 0.1) is 5.69 Å². The predicted molar refractivity (Wildman–Crippen MR) is 75.0 cm³/mol. The molecule has 0 saturated carbocycles. The molecule has 0 fully saturated rings. The highest BCUT2D eigenvalue weighted by Crippen LogP contribution is 2.36. The van der Waals surface area contributed by atoms with Gasteiger partial charge in [0.15, 0.2) is 0 Å². The quantitative estimate of drug-likeness (QED) is 0.865. The Morgan fingerprint density at radius 1 is 1.38 bits per heavy atom. The van der Waals surface area contributed by atoms with Crippen LogP contribution in [0, 0.1) is 12.7 Å². The molecule has 0 saturated heterocycles. The summed E-state index contributed by atoms with van der Waals surface area (Å²) in [7, 11) is 0. The molecular weight excluding hydrogens is 277 g/mol. The number of carbonyl (C=O) groups excluding carboxylic acids is 1. The molecule has 5 nitrogen and oxygen atoms in total. The van der Waals surface area contributed by atoms with Crippen LogP contribution in [-0.2, 0) is 16.0 Å². The summed E-state index contributed by atoms with van der Waals surface area (Å²) in [6, 6.07) is 1.93. The maximum atomic E-state index is 14.1. The first-order valence-corrected chi connectivity index (χ1v) is 6.65. The molecule has 1 aromatic carbocycles. The molecule has 6 heteroatoms. The van der Waals surface area contributed by atoms with Crippen molar-refractivity contribution in [2.24, 2.45) is 0 Å². The van der Waals surface area contributed by atoms with E-state index in [1.54, 1.807) is 33.8 Å². The second-order valence-electron chi connectivity index (χ2n) is 6.10. The molecule has 1 heterocycles. The smallest absolute Gasteiger partial charge is 0.415 e. The number of aryl methyl sites for hydroxylation is 1. The third-order valence-electron chi connectivity index (χ3n) is 3.26. The van der Waals surface area contributed by atoms with Crippen molar-refractivity contribution < 1.29 is 23.8 Å². The van der Waals surface area contributed by atoms with Gasteiger partial charge in [-0.3, -0.25) is 4.90 Å². The SMILES string of the molecule is Cc1ccc2c(c1F)C[C@H](C(=O)O)N2C(=O)OC(C)(C)C. The van der Waals surface area contributed by atoms with Crippen LogP contribution in [-0.4, -0.2) is 28.8 Å². The second kappa shape index (κ2) is 5.02. The van der Waals surface area contributed by atoms with Gasteiger partial charge in [-0.25, -0.2) is 14.0 Å². The molecule has 0 radical (unpaired) electrons. The Hall–Kier alpha value is -2.11. The number of carboxylic acid groups (broad SMARTS) is 1. The number of amides is 1. The summed E-state index contributed by atoms with van der Waals surface area (Å²) in [5, 5.41) is 9.29. The van der Waals surface area contributed by atoms with Gasteiger partial charge in [0.1, 0.15) is 17.5 Å². The molecule has 0 spiro atoms. The molecule has 1 aliphatic rings. The molecule has 1 N–H and O–H groups in total. The van der Waals surface area contributed by atoms with Crippen LogP contribution >= 0.6 is 0 Å². The number of carboxylic acids is 1. The van der Waals surface area contributed by atoms with Crippen LogP contribution in [0.4, 0.5) is 14.9 Å². The van der Waals surface area contributed by atoms with Gasteiger partial charge in [0, 0.05) is 12.0 Å². The highest BCUT2D eigenvalue weighted by Gasteiger charge is 2.42. The highest BCUT2D eigenvalue weighted by molar-refractivity contribution is 5.98. The van der Waals surface area contributed by atoms with E-state index in [2.05, 4.69) is 0 Å². The van der Waals surface area contributed by atoms with E-state index in [0.29, 0.717) is 5.56 Å². The average Bonchev–Trinajstić information content (AvgIpc) is 2.72. The molecule has 21 heavy (non-hydrogen) atoms. The van der Waals surface area contributed by atoms with Crippen molar-refractivity contribution in [3.05, 3.63) is 29.1 Å². The number of halogens is 1. The summed E-state index contributed by atoms with van der Waals surface area (Å²) >= 11 is 0. The fraction of sp³-hybridized carbons (Fsp3) is 0.467. The molecule has 0 aromatic heterocycles. The monoisotopic (exact) mass is 295 g/mol. The molecule has 1 aliphatic heterocycles. The zero-order valence-electron chi connectivity index (χ0n) is 12.4. The highest BCUT2D eigenvalue weighted by atomic mass is 19.1. The van der Waals surface area contributed by atoms with Gasteiger partial charge in [-0.2, -0.15) is 0 Å². The number of benzene rings is 1. The van der Waals surface area contributed by atoms with Crippen molar-refractivity contribution in [2.75, 3.05) is 4.90 Å². The molecular formula is C15H18FNO4. The third-order valence-corrected chi connectivity index (χ3v) is 3.26. The van der Waals surface area contributed by atoms with E-state index in [4.69, 9.17) is 4.74 Å². The molecule has 1 amide bonds. The Morgan fingerprint density at radius 2 is 2.00 bits per heavy atom. The van der Waals surface area contributed by atoms with E-state index in [1.807, 2.05) is 0 Å². The summed E-state index contributed by atoms with van der Waals surface area (Å²) < 4.78 is 19.4. The minimum absolute atomic E-state index is 0.0581. The Kier molecular flexibility index (Phi) is 3.65. The maximum absolute atomic E-state index is 14.1. The number of rotatable bonds is 1. The average molecular weight is 295 g/mol. The van der Waals surface area contributed by atoms with Crippen LogP contribution in [0.1, 0.15) is 31.9 Å². The van der Waals surface area contributed by atoms with Crippen LogP contribution < -0.4 is 4.90 Å². The van der Waals surface area contributed by atoms with Crippen molar-refractivity contribution in [3.63, 3.8) is 0 Å². The molecule has 0 aliphatic carbocycles. The first-order valence-electron chi connectivity index (χ1n) is 6.65. The Morgan fingerprint density at radius 3 is 2.52 bits per heavy atom. The Labute approximate surface area is 122 Å². The standard InChI is InChI=1S/C15H18FNO4/c1-8-5-6-10-9(12(8)16)7-11(13(18)19)17(10)14(20)21-15(2,3)4/h5-6,11H,7H2,1-4H3,(H,18,19)/t11-/m1/s1. The van der Waals surface area contributed by atoms with Crippen LogP contribution in [0.25, 0.3) is 0 Å². The van der Waals surface area contributed by atoms with Gasteiger partial charge in [-0.1, -0.05) is 6.07 Å². The zero-order chi connectivity index (χ0) is 15.9. The van der Waals surface area contributed by atoms with Crippen molar-refractivity contribution >= 4 is 17.7 Å². The summed E-state index contributed by atoms with van der Waals surface area (Å²) in [6.45, 7) is 6.66. The number of ether oxygens (including phenoxy) is 1. The number of nitrogens with zero attached hydrogens (tertiary/aromatic N) is 1. The van der Waals surface area contributed by atoms with Crippen molar-refractivity contribution in [1.82, 2.24) is 0 Å². The normalized spacial score (nSPS) is 17.6. The lowest BCUT2D eigenvalue weighted by molar-refractivity contribution is -0.138. The van der Waals surface area contributed by atoms with Gasteiger partial charge in [0.25, 0.3) is 0 Å². The summed E-state index contributed by atoms with van der Waals surface area (Å²) in [6.07, 6.45) is -0.839. The fourth-order valence-electron chi connectivity index (χ4n) is 2.33. The van der Waals surface area contributed by atoms with E-state index >= 15 is 0 Å². The summed E-state index contributed by atoms with van der Waals surface area (Å²) in [4.78, 5) is 24.6.